The summed E-state index contributed by atoms with van der Waals surface area (Å²) in [5.41, 5.74) is 7.66. The Balaban J connectivity index is 1.62. The van der Waals surface area contributed by atoms with Crippen LogP contribution in [0.3, 0.4) is 0 Å². The normalized spacial score (nSPS) is 25.6. The maximum atomic E-state index is 6.34. The molecule has 17 heavy (non-hydrogen) atoms. The van der Waals surface area contributed by atoms with E-state index in [4.69, 9.17) is 10.5 Å². The van der Waals surface area contributed by atoms with E-state index in [1.807, 2.05) is 6.07 Å². The van der Waals surface area contributed by atoms with Crippen molar-refractivity contribution in [2.45, 2.75) is 38.1 Å². The van der Waals surface area contributed by atoms with Crippen LogP contribution in [-0.2, 0) is 6.42 Å². The van der Waals surface area contributed by atoms with Gasteiger partial charge in [0.1, 0.15) is 5.75 Å². The monoisotopic (exact) mass is 231 g/mol. The molecule has 2 N–H and O–H groups in total. The number of hydrogen-bond donors (Lipinski definition) is 1. The fourth-order valence-corrected chi connectivity index (χ4v) is 2.93. The summed E-state index contributed by atoms with van der Waals surface area (Å²) in [7, 11) is 0. The van der Waals surface area contributed by atoms with Crippen molar-refractivity contribution in [1.29, 1.82) is 0 Å². The smallest absolute Gasteiger partial charge is 0.122 e. The highest BCUT2D eigenvalue weighted by Crippen LogP contribution is 2.34. The Bertz CT molecular complexity index is 386. The summed E-state index contributed by atoms with van der Waals surface area (Å²) in [6.45, 7) is 0.797. The van der Waals surface area contributed by atoms with E-state index in [1.54, 1.807) is 0 Å². The molecule has 0 bridgehead atoms. The molecule has 2 atom stereocenters. The van der Waals surface area contributed by atoms with Crippen LogP contribution in [0.1, 0.15) is 31.2 Å². The molecule has 92 valence electrons. The second-order valence-corrected chi connectivity index (χ2v) is 5.58. The van der Waals surface area contributed by atoms with E-state index in [0.29, 0.717) is 12.0 Å². The lowest BCUT2D eigenvalue weighted by molar-refractivity contribution is 0.171. The maximum absolute atomic E-state index is 6.34. The summed E-state index contributed by atoms with van der Waals surface area (Å²) in [5.74, 6) is 2.45. The molecule has 3 rings (SSSR count). The van der Waals surface area contributed by atoms with Gasteiger partial charge in [0.25, 0.3) is 0 Å². The van der Waals surface area contributed by atoms with Gasteiger partial charge in [0.2, 0.25) is 0 Å². The van der Waals surface area contributed by atoms with Crippen LogP contribution >= 0.6 is 0 Å². The quantitative estimate of drug-likeness (QED) is 0.868. The molecular formula is C15H21NO. The summed E-state index contributed by atoms with van der Waals surface area (Å²) in [6, 6.07) is 8.66. The first kappa shape index (κ1) is 11.1. The molecule has 0 aromatic heterocycles. The summed E-state index contributed by atoms with van der Waals surface area (Å²) in [5, 5.41) is 0. The van der Waals surface area contributed by atoms with Gasteiger partial charge >= 0.3 is 0 Å². The van der Waals surface area contributed by atoms with Crippen molar-refractivity contribution in [3.8, 4) is 5.75 Å². The van der Waals surface area contributed by atoms with Gasteiger partial charge in [0, 0.05) is 12.0 Å². The fraction of sp³-hybridized carbons (Fsp3) is 0.600. The van der Waals surface area contributed by atoms with Crippen molar-refractivity contribution in [1.82, 2.24) is 0 Å². The zero-order chi connectivity index (χ0) is 11.7. The minimum atomic E-state index is 0.314. The van der Waals surface area contributed by atoms with E-state index in [2.05, 4.69) is 18.2 Å². The topological polar surface area (TPSA) is 35.2 Å². The van der Waals surface area contributed by atoms with Crippen LogP contribution in [-0.4, -0.2) is 12.6 Å². The summed E-state index contributed by atoms with van der Waals surface area (Å²) < 4.78 is 5.81. The minimum absolute atomic E-state index is 0.314. The second kappa shape index (κ2) is 4.69. The summed E-state index contributed by atoms with van der Waals surface area (Å²) in [4.78, 5) is 0. The third-order valence-electron chi connectivity index (χ3n) is 4.34. The largest absolute Gasteiger partial charge is 0.493 e. The van der Waals surface area contributed by atoms with Crippen molar-refractivity contribution < 1.29 is 4.74 Å². The Kier molecular flexibility index (Phi) is 3.06. The summed E-state index contributed by atoms with van der Waals surface area (Å²) in [6.07, 6.45) is 6.46. The van der Waals surface area contributed by atoms with E-state index in [-0.39, 0.29) is 0 Å². The highest BCUT2D eigenvalue weighted by atomic mass is 16.5. The van der Waals surface area contributed by atoms with E-state index < -0.39 is 0 Å². The highest BCUT2D eigenvalue weighted by Gasteiger charge is 2.28. The van der Waals surface area contributed by atoms with Crippen molar-refractivity contribution in [2.24, 2.45) is 17.6 Å². The van der Waals surface area contributed by atoms with E-state index in [0.717, 1.165) is 24.7 Å². The van der Waals surface area contributed by atoms with Gasteiger partial charge in [0.15, 0.2) is 0 Å². The lowest BCUT2D eigenvalue weighted by Gasteiger charge is -2.34. The first-order valence-electron chi connectivity index (χ1n) is 6.79. The number of benzene rings is 1. The predicted molar refractivity (Wildman–Crippen MR) is 69.1 cm³/mol. The molecule has 0 spiro atoms. The number of rotatable bonds is 3. The van der Waals surface area contributed by atoms with Crippen LogP contribution in [0.15, 0.2) is 24.3 Å². The number of nitrogens with two attached hydrogens (primary N) is 1. The minimum Gasteiger partial charge on any atom is -0.493 e. The Morgan fingerprint density at radius 2 is 2.12 bits per heavy atom. The molecule has 1 aromatic carbocycles. The second-order valence-electron chi connectivity index (χ2n) is 5.58. The molecule has 0 radical (unpaired) electrons. The Morgan fingerprint density at radius 1 is 1.29 bits per heavy atom. The molecule has 2 heteroatoms. The zero-order valence-corrected chi connectivity index (χ0v) is 10.3. The van der Waals surface area contributed by atoms with Crippen LogP contribution in [0.5, 0.6) is 5.75 Å². The molecule has 1 aromatic rings. The van der Waals surface area contributed by atoms with Gasteiger partial charge in [0.05, 0.1) is 6.61 Å². The molecular weight excluding hydrogens is 210 g/mol. The average molecular weight is 231 g/mol. The third kappa shape index (κ3) is 2.32. The molecule has 2 unspecified atom stereocenters. The first-order valence-corrected chi connectivity index (χ1v) is 6.79. The van der Waals surface area contributed by atoms with E-state index in [9.17, 15) is 0 Å². The van der Waals surface area contributed by atoms with Gasteiger partial charge in [-0.25, -0.2) is 0 Å². The molecule has 2 aliphatic rings. The van der Waals surface area contributed by atoms with Crippen molar-refractivity contribution >= 4 is 0 Å². The fourth-order valence-electron chi connectivity index (χ4n) is 2.93. The maximum Gasteiger partial charge on any atom is 0.122 e. The standard InChI is InChI=1S/C15H21NO/c16-14(8-11-4-3-5-11)13-9-12-6-1-2-7-15(12)17-10-13/h1-2,6-7,11,13-14H,3-5,8-10,16H2. The van der Waals surface area contributed by atoms with Gasteiger partial charge in [-0.05, 0) is 30.4 Å². The van der Waals surface area contributed by atoms with Gasteiger partial charge in [-0.2, -0.15) is 0 Å². The molecule has 1 fully saturated rings. The SMILES string of the molecule is NC(CC1CCC1)C1COc2ccccc2C1. The van der Waals surface area contributed by atoms with Crippen LogP contribution in [0, 0.1) is 11.8 Å². The van der Waals surface area contributed by atoms with Crippen molar-refractivity contribution in [3.63, 3.8) is 0 Å². The van der Waals surface area contributed by atoms with Gasteiger partial charge < -0.3 is 10.5 Å². The molecule has 0 amide bonds. The number of fused-ring (bicyclic) bond motifs is 1. The van der Waals surface area contributed by atoms with Gasteiger partial charge in [-0.1, -0.05) is 37.5 Å². The average Bonchev–Trinajstić information content (AvgIpc) is 2.33. The third-order valence-corrected chi connectivity index (χ3v) is 4.34. The van der Waals surface area contributed by atoms with Crippen LogP contribution < -0.4 is 10.5 Å². The summed E-state index contributed by atoms with van der Waals surface area (Å²) >= 11 is 0. The molecule has 1 saturated carbocycles. The molecule has 1 aliphatic heterocycles. The Morgan fingerprint density at radius 3 is 2.88 bits per heavy atom. The van der Waals surface area contributed by atoms with E-state index >= 15 is 0 Å². The molecule has 2 nitrogen and oxygen atoms in total. The van der Waals surface area contributed by atoms with Crippen molar-refractivity contribution in [3.05, 3.63) is 29.8 Å². The van der Waals surface area contributed by atoms with Crippen LogP contribution in [0.25, 0.3) is 0 Å². The molecule has 1 aliphatic carbocycles. The predicted octanol–water partition coefficient (Wildman–Crippen LogP) is 2.76. The molecule has 0 saturated heterocycles. The first-order chi connectivity index (χ1) is 8.33. The van der Waals surface area contributed by atoms with E-state index in [1.165, 1.54) is 31.2 Å². The zero-order valence-electron chi connectivity index (χ0n) is 10.3. The number of para-hydroxylation sites is 1. The Labute approximate surface area is 103 Å². The number of hydrogen-bond acceptors (Lipinski definition) is 2. The van der Waals surface area contributed by atoms with Crippen LogP contribution in [0.2, 0.25) is 0 Å². The lowest BCUT2D eigenvalue weighted by atomic mass is 9.77. The number of ether oxygens (including phenoxy) is 1. The highest BCUT2D eigenvalue weighted by molar-refractivity contribution is 5.35. The van der Waals surface area contributed by atoms with Gasteiger partial charge in [-0.3, -0.25) is 0 Å². The molecule has 1 heterocycles. The Hall–Kier alpha value is -1.02. The lowest BCUT2D eigenvalue weighted by Crippen LogP contribution is -2.39. The van der Waals surface area contributed by atoms with Crippen LogP contribution in [0.4, 0.5) is 0 Å². The van der Waals surface area contributed by atoms with Gasteiger partial charge in [-0.15, -0.1) is 0 Å². The van der Waals surface area contributed by atoms with Crippen molar-refractivity contribution in [2.75, 3.05) is 6.61 Å².